The Morgan fingerprint density at radius 2 is 1.91 bits per heavy atom. The van der Waals surface area contributed by atoms with E-state index < -0.39 is 10.0 Å². The van der Waals surface area contributed by atoms with Gasteiger partial charge in [-0.15, -0.1) is 0 Å². The standard InChI is InChI=1S/C16H20N2O3S/c1-12-9-15(17-21-12)11-18(2)22(19,20)16-8-7-13-5-3-4-6-14(13)10-16/h7-10H,3-6,11H2,1-2H3. The Morgan fingerprint density at radius 3 is 2.59 bits per heavy atom. The molecule has 1 aromatic carbocycles. The van der Waals surface area contributed by atoms with Crippen LogP contribution in [-0.2, 0) is 29.4 Å². The van der Waals surface area contributed by atoms with Crippen LogP contribution in [0.25, 0.3) is 0 Å². The lowest BCUT2D eigenvalue weighted by molar-refractivity contribution is 0.378. The van der Waals surface area contributed by atoms with Gasteiger partial charge in [-0.25, -0.2) is 8.42 Å². The van der Waals surface area contributed by atoms with E-state index in [0.717, 1.165) is 24.8 Å². The minimum Gasteiger partial charge on any atom is -0.361 e. The predicted octanol–water partition coefficient (Wildman–Crippen LogP) is 2.68. The zero-order valence-electron chi connectivity index (χ0n) is 12.9. The predicted molar refractivity (Wildman–Crippen MR) is 83.0 cm³/mol. The molecule has 118 valence electrons. The molecule has 1 heterocycles. The molecule has 1 aromatic heterocycles. The fourth-order valence-electron chi connectivity index (χ4n) is 2.86. The van der Waals surface area contributed by atoms with Crippen molar-refractivity contribution in [3.8, 4) is 0 Å². The topological polar surface area (TPSA) is 63.4 Å². The Kier molecular flexibility index (Phi) is 4.06. The summed E-state index contributed by atoms with van der Waals surface area (Å²) in [5.74, 6) is 0.676. The third kappa shape index (κ3) is 2.94. The highest BCUT2D eigenvalue weighted by Crippen LogP contribution is 2.25. The van der Waals surface area contributed by atoms with E-state index in [1.54, 1.807) is 26.1 Å². The van der Waals surface area contributed by atoms with Crippen molar-refractivity contribution in [2.24, 2.45) is 0 Å². The number of sulfonamides is 1. The summed E-state index contributed by atoms with van der Waals surface area (Å²) in [6.45, 7) is 1.99. The Balaban J connectivity index is 1.85. The third-order valence-electron chi connectivity index (χ3n) is 4.09. The van der Waals surface area contributed by atoms with E-state index in [-0.39, 0.29) is 6.54 Å². The summed E-state index contributed by atoms with van der Waals surface area (Å²) in [5, 5.41) is 3.85. The fraction of sp³-hybridized carbons (Fsp3) is 0.438. The molecule has 0 atom stereocenters. The lowest BCUT2D eigenvalue weighted by Gasteiger charge is -2.19. The fourth-order valence-corrected chi connectivity index (χ4v) is 4.05. The first kappa shape index (κ1) is 15.2. The molecule has 3 rings (SSSR count). The van der Waals surface area contributed by atoms with Gasteiger partial charge in [0, 0.05) is 13.1 Å². The van der Waals surface area contributed by atoms with Gasteiger partial charge in [0.05, 0.1) is 17.1 Å². The maximum atomic E-state index is 12.7. The van der Waals surface area contributed by atoms with Crippen molar-refractivity contribution < 1.29 is 12.9 Å². The van der Waals surface area contributed by atoms with Crippen LogP contribution in [0.2, 0.25) is 0 Å². The van der Waals surface area contributed by atoms with Gasteiger partial charge in [0.25, 0.3) is 0 Å². The van der Waals surface area contributed by atoms with Gasteiger partial charge in [-0.2, -0.15) is 4.31 Å². The van der Waals surface area contributed by atoms with Crippen LogP contribution >= 0.6 is 0 Å². The quantitative estimate of drug-likeness (QED) is 0.869. The van der Waals surface area contributed by atoms with E-state index in [1.165, 1.54) is 16.3 Å². The van der Waals surface area contributed by atoms with Crippen molar-refractivity contribution in [2.45, 2.75) is 44.0 Å². The summed E-state index contributed by atoms with van der Waals surface area (Å²) in [5.41, 5.74) is 3.06. The average molecular weight is 320 g/mol. The SMILES string of the molecule is Cc1cc(CN(C)S(=O)(=O)c2ccc3c(c2)CCCC3)no1. The van der Waals surface area contributed by atoms with Crippen LogP contribution in [0, 0.1) is 6.92 Å². The van der Waals surface area contributed by atoms with Crippen LogP contribution in [0.4, 0.5) is 0 Å². The summed E-state index contributed by atoms with van der Waals surface area (Å²) in [6, 6.07) is 7.24. The van der Waals surface area contributed by atoms with E-state index in [4.69, 9.17) is 4.52 Å². The van der Waals surface area contributed by atoms with Gasteiger partial charge in [0.1, 0.15) is 5.76 Å². The minimum atomic E-state index is -3.51. The van der Waals surface area contributed by atoms with E-state index in [2.05, 4.69) is 5.16 Å². The molecule has 0 bridgehead atoms. The smallest absolute Gasteiger partial charge is 0.243 e. The molecule has 1 aliphatic carbocycles. The summed E-state index contributed by atoms with van der Waals surface area (Å²) in [7, 11) is -1.94. The first-order chi connectivity index (χ1) is 10.5. The summed E-state index contributed by atoms with van der Waals surface area (Å²) in [4.78, 5) is 0.357. The maximum absolute atomic E-state index is 12.7. The molecule has 6 heteroatoms. The van der Waals surface area contributed by atoms with E-state index in [1.807, 2.05) is 12.1 Å². The largest absolute Gasteiger partial charge is 0.361 e. The van der Waals surface area contributed by atoms with Gasteiger partial charge in [-0.05, 0) is 55.9 Å². The highest BCUT2D eigenvalue weighted by molar-refractivity contribution is 7.89. The molecule has 1 aliphatic rings. The number of hydrogen-bond donors (Lipinski definition) is 0. The highest BCUT2D eigenvalue weighted by atomic mass is 32.2. The Labute approximate surface area is 131 Å². The summed E-state index contributed by atoms with van der Waals surface area (Å²) >= 11 is 0. The van der Waals surface area contributed by atoms with Crippen molar-refractivity contribution in [2.75, 3.05) is 7.05 Å². The van der Waals surface area contributed by atoms with Crippen LogP contribution < -0.4 is 0 Å². The monoisotopic (exact) mass is 320 g/mol. The Hall–Kier alpha value is -1.66. The molecule has 5 nitrogen and oxygen atoms in total. The zero-order valence-corrected chi connectivity index (χ0v) is 13.7. The molecule has 0 saturated heterocycles. The number of fused-ring (bicyclic) bond motifs is 1. The molecule has 22 heavy (non-hydrogen) atoms. The van der Waals surface area contributed by atoms with Crippen molar-refractivity contribution in [1.82, 2.24) is 9.46 Å². The van der Waals surface area contributed by atoms with Gasteiger partial charge < -0.3 is 4.52 Å². The minimum absolute atomic E-state index is 0.205. The van der Waals surface area contributed by atoms with Gasteiger partial charge in [-0.3, -0.25) is 0 Å². The second kappa shape index (κ2) is 5.85. The van der Waals surface area contributed by atoms with Crippen molar-refractivity contribution >= 4 is 10.0 Å². The first-order valence-electron chi connectivity index (χ1n) is 7.47. The van der Waals surface area contributed by atoms with Gasteiger partial charge in [-0.1, -0.05) is 11.2 Å². The highest BCUT2D eigenvalue weighted by Gasteiger charge is 2.23. The van der Waals surface area contributed by atoms with Crippen LogP contribution in [0.1, 0.15) is 35.4 Å². The van der Waals surface area contributed by atoms with Crippen molar-refractivity contribution in [3.05, 3.63) is 46.8 Å². The van der Waals surface area contributed by atoms with Gasteiger partial charge in [0.15, 0.2) is 0 Å². The number of aryl methyl sites for hydroxylation is 3. The van der Waals surface area contributed by atoms with Gasteiger partial charge in [0.2, 0.25) is 10.0 Å². The molecular formula is C16H20N2O3S. The molecule has 0 radical (unpaired) electrons. The molecule has 0 unspecified atom stereocenters. The maximum Gasteiger partial charge on any atom is 0.243 e. The molecular weight excluding hydrogens is 300 g/mol. The zero-order chi connectivity index (χ0) is 15.7. The molecule has 0 fully saturated rings. The normalized spacial score (nSPS) is 15.0. The first-order valence-corrected chi connectivity index (χ1v) is 8.91. The number of rotatable bonds is 4. The van der Waals surface area contributed by atoms with E-state index in [9.17, 15) is 8.42 Å². The summed E-state index contributed by atoms with van der Waals surface area (Å²) in [6.07, 6.45) is 4.32. The van der Waals surface area contributed by atoms with Crippen LogP contribution in [0.15, 0.2) is 33.7 Å². The van der Waals surface area contributed by atoms with Crippen LogP contribution in [-0.4, -0.2) is 24.9 Å². The van der Waals surface area contributed by atoms with Crippen molar-refractivity contribution in [1.29, 1.82) is 0 Å². The molecule has 0 spiro atoms. The van der Waals surface area contributed by atoms with Crippen LogP contribution in [0.5, 0.6) is 0 Å². The summed E-state index contributed by atoms with van der Waals surface area (Å²) < 4.78 is 31.7. The molecule has 0 amide bonds. The molecule has 0 N–H and O–H groups in total. The average Bonchev–Trinajstić information content (AvgIpc) is 2.91. The van der Waals surface area contributed by atoms with E-state index in [0.29, 0.717) is 16.3 Å². The number of benzene rings is 1. The second-order valence-electron chi connectivity index (χ2n) is 5.83. The molecule has 2 aromatic rings. The lowest BCUT2D eigenvalue weighted by Crippen LogP contribution is -2.27. The van der Waals surface area contributed by atoms with Gasteiger partial charge >= 0.3 is 0 Å². The van der Waals surface area contributed by atoms with Crippen molar-refractivity contribution in [3.63, 3.8) is 0 Å². The third-order valence-corrected chi connectivity index (χ3v) is 5.89. The lowest BCUT2D eigenvalue weighted by atomic mass is 9.92. The second-order valence-corrected chi connectivity index (χ2v) is 7.87. The molecule has 0 saturated carbocycles. The number of hydrogen-bond acceptors (Lipinski definition) is 4. The molecule has 0 aliphatic heterocycles. The van der Waals surface area contributed by atoms with E-state index >= 15 is 0 Å². The Morgan fingerprint density at radius 1 is 1.18 bits per heavy atom. The number of aromatic nitrogens is 1. The Bertz CT molecular complexity index is 780. The number of nitrogens with zero attached hydrogens (tertiary/aromatic N) is 2. The van der Waals surface area contributed by atoms with Crippen LogP contribution in [0.3, 0.4) is 0 Å².